The minimum Gasteiger partial charge on any atom is -0.380 e. The van der Waals surface area contributed by atoms with Crippen LogP contribution in [0.4, 0.5) is 5.69 Å². The SMILES string of the molecule is C=CC(=O)N1CCCC(Nc2ccc(CC(N)=O)c3[nH]c(C)c(C)c23)C1. The van der Waals surface area contributed by atoms with E-state index in [-0.39, 0.29) is 24.3 Å². The number of aromatic amines is 1. The largest absolute Gasteiger partial charge is 0.380 e. The Morgan fingerprint density at radius 3 is 2.88 bits per heavy atom. The fourth-order valence-corrected chi connectivity index (χ4v) is 3.75. The number of amides is 2. The Morgan fingerprint density at radius 2 is 2.19 bits per heavy atom. The number of carbonyl (C=O) groups excluding carboxylic acids is 2. The van der Waals surface area contributed by atoms with Gasteiger partial charge in [-0.25, -0.2) is 0 Å². The summed E-state index contributed by atoms with van der Waals surface area (Å²) >= 11 is 0. The Kier molecular flexibility index (Phi) is 5.02. The maximum absolute atomic E-state index is 11.9. The standard InChI is InChI=1S/C20H26N4O2/c1-4-18(26)24-9-5-6-15(11-24)23-16-8-7-14(10-17(21)25)20-19(16)12(2)13(3)22-20/h4,7-8,15,22-23H,1,5-6,9-11H2,2-3H3,(H2,21,25). The summed E-state index contributed by atoms with van der Waals surface area (Å²) in [6.07, 6.45) is 3.55. The van der Waals surface area contributed by atoms with E-state index in [2.05, 4.69) is 23.8 Å². The summed E-state index contributed by atoms with van der Waals surface area (Å²) in [5.74, 6) is -0.366. The molecule has 1 aliphatic heterocycles. The number of anilines is 1. The third kappa shape index (κ3) is 3.45. The zero-order valence-electron chi connectivity index (χ0n) is 15.4. The van der Waals surface area contributed by atoms with Gasteiger partial charge in [0.2, 0.25) is 11.8 Å². The average molecular weight is 354 g/mol. The van der Waals surface area contributed by atoms with E-state index in [0.717, 1.165) is 52.8 Å². The maximum atomic E-state index is 11.9. The summed E-state index contributed by atoms with van der Waals surface area (Å²) in [6, 6.07) is 4.14. The molecule has 0 bridgehead atoms. The van der Waals surface area contributed by atoms with Crippen LogP contribution in [-0.4, -0.2) is 40.8 Å². The Bertz CT molecular complexity index is 868. The minimum atomic E-state index is -0.345. The zero-order valence-corrected chi connectivity index (χ0v) is 15.4. The van der Waals surface area contributed by atoms with Crippen LogP contribution in [0.5, 0.6) is 0 Å². The van der Waals surface area contributed by atoms with Gasteiger partial charge in [0, 0.05) is 35.9 Å². The van der Waals surface area contributed by atoms with E-state index in [4.69, 9.17) is 5.73 Å². The van der Waals surface area contributed by atoms with Crippen LogP contribution < -0.4 is 11.1 Å². The van der Waals surface area contributed by atoms with Crippen molar-refractivity contribution in [3.8, 4) is 0 Å². The average Bonchev–Trinajstić information content (AvgIpc) is 2.92. The van der Waals surface area contributed by atoms with E-state index >= 15 is 0 Å². The molecular formula is C20H26N4O2. The molecule has 2 amide bonds. The van der Waals surface area contributed by atoms with Gasteiger partial charge in [-0.3, -0.25) is 9.59 Å². The van der Waals surface area contributed by atoms with Gasteiger partial charge < -0.3 is 20.9 Å². The summed E-state index contributed by atoms with van der Waals surface area (Å²) in [4.78, 5) is 28.5. The molecule has 1 unspecified atom stereocenters. The molecule has 138 valence electrons. The first-order valence-corrected chi connectivity index (χ1v) is 8.97. The third-order valence-electron chi connectivity index (χ3n) is 5.17. The monoisotopic (exact) mass is 354 g/mol. The molecule has 0 saturated carbocycles. The van der Waals surface area contributed by atoms with Crippen molar-refractivity contribution in [3.05, 3.63) is 41.6 Å². The fraction of sp³-hybridized carbons (Fsp3) is 0.400. The van der Waals surface area contributed by atoms with Gasteiger partial charge in [-0.05, 0) is 50.0 Å². The summed E-state index contributed by atoms with van der Waals surface area (Å²) in [5, 5.41) is 4.69. The first kappa shape index (κ1) is 18.0. The van der Waals surface area contributed by atoms with Gasteiger partial charge >= 0.3 is 0 Å². The molecule has 2 aromatic rings. The Morgan fingerprint density at radius 1 is 1.42 bits per heavy atom. The topological polar surface area (TPSA) is 91.2 Å². The second kappa shape index (κ2) is 7.23. The lowest BCUT2D eigenvalue weighted by atomic mass is 10.0. The highest BCUT2D eigenvalue weighted by Crippen LogP contribution is 2.32. The van der Waals surface area contributed by atoms with Gasteiger partial charge in [-0.15, -0.1) is 0 Å². The van der Waals surface area contributed by atoms with Crippen molar-refractivity contribution in [2.75, 3.05) is 18.4 Å². The van der Waals surface area contributed by atoms with E-state index in [0.29, 0.717) is 6.54 Å². The number of piperidine rings is 1. The van der Waals surface area contributed by atoms with Gasteiger partial charge in [-0.1, -0.05) is 12.6 Å². The lowest BCUT2D eigenvalue weighted by Crippen LogP contribution is -2.44. The van der Waals surface area contributed by atoms with Crippen molar-refractivity contribution >= 4 is 28.4 Å². The zero-order chi connectivity index (χ0) is 18.8. The molecule has 1 aromatic heterocycles. The molecule has 1 atom stereocenters. The number of primary amides is 1. The van der Waals surface area contributed by atoms with Crippen LogP contribution in [-0.2, 0) is 16.0 Å². The van der Waals surface area contributed by atoms with Crippen LogP contribution in [0.15, 0.2) is 24.8 Å². The number of nitrogens with two attached hydrogens (primary N) is 1. The number of aromatic nitrogens is 1. The molecule has 0 radical (unpaired) electrons. The molecule has 1 aliphatic rings. The second-order valence-electron chi connectivity index (χ2n) is 7.01. The van der Waals surface area contributed by atoms with Crippen molar-refractivity contribution in [2.24, 2.45) is 5.73 Å². The predicted molar refractivity (Wildman–Crippen MR) is 104 cm³/mol. The van der Waals surface area contributed by atoms with E-state index in [1.807, 2.05) is 24.0 Å². The first-order valence-electron chi connectivity index (χ1n) is 8.97. The molecule has 1 fully saturated rings. The number of likely N-dealkylation sites (tertiary alicyclic amines) is 1. The quantitative estimate of drug-likeness (QED) is 0.720. The molecule has 0 aliphatic carbocycles. The number of fused-ring (bicyclic) bond motifs is 1. The van der Waals surface area contributed by atoms with Gasteiger partial charge in [0.25, 0.3) is 0 Å². The van der Waals surface area contributed by atoms with Crippen LogP contribution in [0.25, 0.3) is 10.9 Å². The Hall–Kier alpha value is -2.76. The number of hydrogen-bond donors (Lipinski definition) is 3. The summed E-state index contributed by atoms with van der Waals surface area (Å²) < 4.78 is 0. The van der Waals surface area contributed by atoms with Gasteiger partial charge in [0.15, 0.2) is 0 Å². The fourth-order valence-electron chi connectivity index (χ4n) is 3.75. The number of rotatable bonds is 5. The Labute approximate surface area is 153 Å². The highest BCUT2D eigenvalue weighted by Gasteiger charge is 2.23. The lowest BCUT2D eigenvalue weighted by molar-refractivity contribution is -0.127. The molecule has 3 rings (SSSR count). The van der Waals surface area contributed by atoms with Crippen LogP contribution in [0.2, 0.25) is 0 Å². The smallest absolute Gasteiger partial charge is 0.246 e. The number of carbonyl (C=O) groups is 2. The van der Waals surface area contributed by atoms with Crippen molar-refractivity contribution in [2.45, 2.75) is 39.2 Å². The van der Waals surface area contributed by atoms with Gasteiger partial charge in [0.05, 0.1) is 11.9 Å². The highest BCUT2D eigenvalue weighted by molar-refractivity contribution is 5.99. The molecule has 1 aromatic carbocycles. The number of hydrogen-bond acceptors (Lipinski definition) is 3. The Balaban J connectivity index is 1.92. The minimum absolute atomic E-state index is 0.0212. The number of nitrogens with zero attached hydrogens (tertiary/aromatic N) is 1. The maximum Gasteiger partial charge on any atom is 0.246 e. The molecule has 6 heteroatoms. The normalized spacial score (nSPS) is 17.3. The number of nitrogens with one attached hydrogen (secondary N) is 2. The van der Waals surface area contributed by atoms with E-state index in [1.54, 1.807) is 0 Å². The van der Waals surface area contributed by atoms with E-state index < -0.39 is 0 Å². The van der Waals surface area contributed by atoms with Crippen molar-refractivity contribution in [1.29, 1.82) is 0 Å². The predicted octanol–water partition coefficient (Wildman–Crippen LogP) is 2.40. The van der Waals surface area contributed by atoms with Gasteiger partial charge in [0.1, 0.15) is 0 Å². The summed E-state index contributed by atoms with van der Waals surface area (Å²) in [5.41, 5.74) is 10.5. The highest BCUT2D eigenvalue weighted by atomic mass is 16.2. The molecule has 6 nitrogen and oxygen atoms in total. The first-order chi connectivity index (χ1) is 12.4. The molecule has 4 N–H and O–H groups in total. The van der Waals surface area contributed by atoms with Crippen molar-refractivity contribution < 1.29 is 9.59 Å². The summed E-state index contributed by atoms with van der Waals surface area (Å²) in [6.45, 7) is 9.12. The van der Waals surface area contributed by atoms with Gasteiger partial charge in [-0.2, -0.15) is 0 Å². The number of aryl methyl sites for hydroxylation is 2. The third-order valence-corrected chi connectivity index (χ3v) is 5.17. The second-order valence-corrected chi connectivity index (χ2v) is 7.01. The number of benzene rings is 1. The van der Waals surface area contributed by atoms with Crippen molar-refractivity contribution in [1.82, 2.24) is 9.88 Å². The van der Waals surface area contributed by atoms with Crippen molar-refractivity contribution in [3.63, 3.8) is 0 Å². The van der Waals surface area contributed by atoms with Crippen LogP contribution >= 0.6 is 0 Å². The lowest BCUT2D eigenvalue weighted by Gasteiger charge is -2.33. The number of H-pyrrole nitrogens is 1. The van der Waals surface area contributed by atoms with E-state index in [1.165, 1.54) is 6.08 Å². The molecule has 1 saturated heterocycles. The molecular weight excluding hydrogens is 328 g/mol. The molecule has 0 spiro atoms. The molecule has 26 heavy (non-hydrogen) atoms. The summed E-state index contributed by atoms with van der Waals surface area (Å²) in [7, 11) is 0. The van der Waals surface area contributed by atoms with Crippen LogP contribution in [0, 0.1) is 13.8 Å². The van der Waals surface area contributed by atoms with Crippen LogP contribution in [0.3, 0.4) is 0 Å². The van der Waals surface area contributed by atoms with Crippen LogP contribution in [0.1, 0.15) is 29.7 Å². The van der Waals surface area contributed by atoms with E-state index in [9.17, 15) is 9.59 Å². The molecule has 2 heterocycles.